The highest BCUT2D eigenvalue weighted by atomic mass is 35.5. The molecule has 1 aromatic heterocycles. The standard InChI is InChI=1S/C15H18ClN3OS/c16-12-3-5-13(6-4-12)21-11-1-2-15(20)19-8-7-14-17-9-10-18-14/h3-6,9-10H,1-2,7-8,11H2,(H,17,18)(H,19,20). The summed E-state index contributed by atoms with van der Waals surface area (Å²) in [5.41, 5.74) is 0. The molecule has 0 aliphatic heterocycles. The van der Waals surface area contributed by atoms with Crippen molar-refractivity contribution in [3.05, 3.63) is 47.5 Å². The number of carbonyl (C=O) groups is 1. The molecule has 1 aromatic carbocycles. The molecule has 0 fully saturated rings. The monoisotopic (exact) mass is 323 g/mol. The molecule has 21 heavy (non-hydrogen) atoms. The summed E-state index contributed by atoms with van der Waals surface area (Å²) >= 11 is 7.57. The minimum absolute atomic E-state index is 0.0956. The van der Waals surface area contributed by atoms with E-state index in [0.717, 1.165) is 29.4 Å². The van der Waals surface area contributed by atoms with E-state index in [-0.39, 0.29) is 5.91 Å². The maximum atomic E-state index is 11.7. The fourth-order valence-corrected chi connectivity index (χ4v) is 2.78. The molecule has 0 atom stereocenters. The fraction of sp³-hybridized carbons (Fsp3) is 0.333. The summed E-state index contributed by atoms with van der Waals surface area (Å²) in [4.78, 5) is 20.0. The number of benzene rings is 1. The number of aromatic amines is 1. The van der Waals surface area contributed by atoms with Gasteiger partial charge in [-0.25, -0.2) is 4.98 Å². The summed E-state index contributed by atoms with van der Waals surface area (Å²) < 4.78 is 0. The van der Waals surface area contributed by atoms with Gasteiger partial charge in [-0.1, -0.05) is 11.6 Å². The van der Waals surface area contributed by atoms with Crippen LogP contribution in [-0.2, 0) is 11.2 Å². The molecule has 0 unspecified atom stereocenters. The van der Waals surface area contributed by atoms with Crippen molar-refractivity contribution in [1.82, 2.24) is 15.3 Å². The molecule has 0 radical (unpaired) electrons. The van der Waals surface area contributed by atoms with Crippen LogP contribution in [-0.4, -0.2) is 28.2 Å². The summed E-state index contributed by atoms with van der Waals surface area (Å²) in [5.74, 6) is 1.92. The van der Waals surface area contributed by atoms with Gasteiger partial charge in [0.1, 0.15) is 5.82 Å². The van der Waals surface area contributed by atoms with Crippen LogP contribution in [0.25, 0.3) is 0 Å². The largest absolute Gasteiger partial charge is 0.356 e. The predicted octanol–water partition coefficient (Wildman–Crippen LogP) is 3.29. The highest BCUT2D eigenvalue weighted by Gasteiger charge is 2.02. The Morgan fingerprint density at radius 3 is 2.86 bits per heavy atom. The molecule has 2 rings (SSSR count). The first kappa shape index (κ1) is 15.9. The summed E-state index contributed by atoms with van der Waals surface area (Å²) in [7, 11) is 0. The lowest BCUT2D eigenvalue weighted by Crippen LogP contribution is -2.25. The number of thioether (sulfide) groups is 1. The van der Waals surface area contributed by atoms with E-state index in [4.69, 9.17) is 11.6 Å². The molecule has 0 spiro atoms. The van der Waals surface area contributed by atoms with E-state index in [2.05, 4.69) is 15.3 Å². The summed E-state index contributed by atoms with van der Waals surface area (Å²) in [6, 6.07) is 7.75. The SMILES string of the molecule is O=C(CCCSc1ccc(Cl)cc1)NCCc1ncc[nH]1. The van der Waals surface area contributed by atoms with E-state index in [0.29, 0.717) is 13.0 Å². The number of imidazole rings is 1. The average molecular weight is 324 g/mol. The topological polar surface area (TPSA) is 57.8 Å². The third-order valence-electron chi connectivity index (χ3n) is 2.87. The van der Waals surface area contributed by atoms with Gasteiger partial charge in [-0.05, 0) is 36.4 Å². The Morgan fingerprint density at radius 1 is 1.33 bits per heavy atom. The van der Waals surface area contributed by atoms with E-state index >= 15 is 0 Å². The summed E-state index contributed by atoms with van der Waals surface area (Å²) in [6.45, 7) is 0.622. The van der Waals surface area contributed by atoms with Crippen molar-refractivity contribution in [2.75, 3.05) is 12.3 Å². The van der Waals surface area contributed by atoms with E-state index in [1.54, 1.807) is 24.2 Å². The van der Waals surface area contributed by atoms with Gasteiger partial charge in [-0.15, -0.1) is 11.8 Å². The van der Waals surface area contributed by atoms with Crippen molar-refractivity contribution in [2.24, 2.45) is 0 Å². The minimum atomic E-state index is 0.0956. The lowest BCUT2D eigenvalue weighted by atomic mass is 10.3. The zero-order valence-corrected chi connectivity index (χ0v) is 13.2. The molecule has 0 aliphatic carbocycles. The van der Waals surface area contributed by atoms with Crippen LogP contribution in [0.2, 0.25) is 5.02 Å². The number of rotatable bonds is 8. The first-order chi connectivity index (χ1) is 10.2. The van der Waals surface area contributed by atoms with Gasteiger partial charge < -0.3 is 10.3 Å². The lowest BCUT2D eigenvalue weighted by molar-refractivity contribution is -0.121. The molecule has 112 valence electrons. The van der Waals surface area contributed by atoms with Crippen molar-refractivity contribution in [3.63, 3.8) is 0 Å². The number of hydrogen-bond acceptors (Lipinski definition) is 3. The molecule has 2 aromatic rings. The second kappa shape index (κ2) is 8.74. The zero-order valence-electron chi connectivity index (χ0n) is 11.6. The van der Waals surface area contributed by atoms with Crippen LogP contribution in [0.1, 0.15) is 18.7 Å². The van der Waals surface area contributed by atoms with E-state index < -0.39 is 0 Å². The van der Waals surface area contributed by atoms with Crippen molar-refractivity contribution >= 4 is 29.3 Å². The first-order valence-electron chi connectivity index (χ1n) is 6.87. The van der Waals surface area contributed by atoms with Crippen LogP contribution >= 0.6 is 23.4 Å². The third-order valence-corrected chi connectivity index (χ3v) is 4.22. The molecule has 1 amide bonds. The third kappa shape index (κ3) is 6.23. The molecule has 4 nitrogen and oxygen atoms in total. The van der Waals surface area contributed by atoms with Crippen LogP contribution in [0.3, 0.4) is 0 Å². The number of amides is 1. The van der Waals surface area contributed by atoms with Crippen LogP contribution in [0.5, 0.6) is 0 Å². The van der Waals surface area contributed by atoms with E-state index in [1.807, 2.05) is 24.3 Å². The molecule has 6 heteroatoms. The number of aromatic nitrogens is 2. The number of nitrogens with one attached hydrogen (secondary N) is 2. The van der Waals surface area contributed by atoms with Gasteiger partial charge in [0.2, 0.25) is 5.91 Å². The first-order valence-corrected chi connectivity index (χ1v) is 8.24. The normalized spacial score (nSPS) is 10.5. The van der Waals surface area contributed by atoms with Crippen LogP contribution in [0.4, 0.5) is 0 Å². The number of hydrogen-bond donors (Lipinski definition) is 2. The van der Waals surface area contributed by atoms with Crippen LogP contribution < -0.4 is 5.32 Å². The molecule has 0 saturated carbocycles. The number of halogens is 1. The van der Waals surface area contributed by atoms with Crippen LogP contribution in [0, 0.1) is 0 Å². The Balaban J connectivity index is 1.53. The maximum absolute atomic E-state index is 11.7. The van der Waals surface area contributed by atoms with Gasteiger partial charge in [0.25, 0.3) is 0 Å². The second-order valence-electron chi connectivity index (χ2n) is 4.54. The lowest BCUT2D eigenvalue weighted by Gasteiger charge is -2.04. The molecule has 0 aliphatic rings. The van der Waals surface area contributed by atoms with Gasteiger partial charge in [0.15, 0.2) is 0 Å². The predicted molar refractivity (Wildman–Crippen MR) is 86.7 cm³/mol. The Morgan fingerprint density at radius 2 is 2.14 bits per heavy atom. The molecule has 1 heterocycles. The smallest absolute Gasteiger partial charge is 0.220 e. The number of H-pyrrole nitrogens is 1. The Labute approximate surface area is 133 Å². The van der Waals surface area contributed by atoms with Crippen molar-refractivity contribution in [1.29, 1.82) is 0 Å². The maximum Gasteiger partial charge on any atom is 0.220 e. The highest BCUT2D eigenvalue weighted by Crippen LogP contribution is 2.21. The van der Waals surface area contributed by atoms with Crippen molar-refractivity contribution < 1.29 is 4.79 Å². The summed E-state index contributed by atoms with van der Waals surface area (Å²) in [6.07, 6.45) is 5.65. The Hall–Kier alpha value is -1.46. The quantitative estimate of drug-likeness (QED) is 0.579. The fourth-order valence-electron chi connectivity index (χ4n) is 1.80. The number of nitrogens with zero attached hydrogens (tertiary/aromatic N) is 1. The van der Waals surface area contributed by atoms with Gasteiger partial charge in [0.05, 0.1) is 0 Å². The molecule has 0 saturated heterocycles. The summed E-state index contributed by atoms with van der Waals surface area (Å²) in [5, 5.41) is 3.65. The van der Waals surface area contributed by atoms with E-state index in [9.17, 15) is 4.79 Å². The highest BCUT2D eigenvalue weighted by molar-refractivity contribution is 7.99. The van der Waals surface area contributed by atoms with Gasteiger partial charge in [-0.2, -0.15) is 0 Å². The van der Waals surface area contributed by atoms with Gasteiger partial charge >= 0.3 is 0 Å². The van der Waals surface area contributed by atoms with E-state index in [1.165, 1.54) is 4.90 Å². The molecular formula is C15H18ClN3OS. The zero-order chi connectivity index (χ0) is 14.9. The average Bonchev–Trinajstić information content (AvgIpc) is 2.99. The van der Waals surface area contributed by atoms with Crippen molar-refractivity contribution in [2.45, 2.75) is 24.2 Å². The Bertz CT molecular complexity index is 543. The Kier molecular flexibility index (Phi) is 6.63. The van der Waals surface area contributed by atoms with Crippen molar-refractivity contribution in [3.8, 4) is 0 Å². The van der Waals surface area contributed by atoms with Gasteiger partial charge in [0, 0.05) is 41.7 Å². The van der Waals surface area contributed by atoms with Crippen LogP contribution in [0.15, 0.2) is 41.6 Å². The molecule has 0 bridgehead atoms. The second-order valence-corrected chi connectivity index (χ2v) is 6.15. The number of carbonyl (C=O) groups excluding carboxylic acids is 1. The van der Waals surface area contributed by atoms with Gasteiger partial charge in [-0.3, -0.25) is 4.79 Å². The minimum Gasteiger partial charge on any atom is -0.356 e. The molecule has 2 N–H and O–H groups in total. The molecular weight excluding hydrogens is 306 g/mol.